The minimum Gasteiger partial charge on any atom is -0.395 e. The van der Waals surface area contributed by atoms with E-state index in [0.29, 0.717) is 18.7 Å². The SMILES string of the molecule is CCC(CO)N(Cc1cccnc1)Cc1ccc(C(F)(F)F)nc1. The summed E-state index contributed by atoms with van der Waals surface area (Å²) in [7, 11) is 0. The summed E-state index contributed by atoms with van der Waals surface area (Å²) in [6.45, 7) is 2.89. The molecule has 2 heterocycles. The average molecular weight is 339 g/mol. The van der Waals surface area contributed by atoms with Gasteiger partial charge in [-0.3, -0.25) is 14.9 Å². The molecular weight excluding hydrogens is 319 g/mol. The van der Waals surface area contributed by atoms with Gasteiger partial charge in [-0.25, -0.2) is 0 Å². The van der Waals surface area contributed by atoms with Crippen LogP contribution in [0.1, 0.15) is 30.2 Å². The van der Waals surface area contributed by atoms with Gasteiger partial charge in [0.15, 0.2) is 0 Å². The Hall–Kier alpha value is -1.99. The quantitative estimate of drug-likeness (QED) is 0.841. The van der Waals surface area contributed by atoms with Crippen molar-refractivity contribution in [3.05, 3.63) is 59.7 Å². The van der Waals surface area contributed by atoms with Gasteiger partial charge in [-0.2, -0.15) is 13.2 Å². The van der Waals surface area contributed by atoms with Crippen LogP contribution in [0.4, 0.5) is 13.2 Å². The number of halogens is 3. The highest BCUT2D eigenvalue weighted by molar-refractivity contribution is 5.16. The Morgan fingerprint density at radius 2 is 1.83 bits per heavy atom. The minimum absolute atomic E-state index is 0.0230. The summed E-state index contributed by atoms with van der Waals surface area (Å²) in [5.74, 6) is 0. The largest absolute Gasteiger partial charge is 0.433 e. The number of aromatic nitrogens is 2. The van der Waals surface area contributed by atoms with Crippen LogP contribution in [0.25, 0.3) is 0 Å². The van der Waals surface area contributed by atoms with Crippen molar-refractivity contribution in [2.45, 2.75) is 38.7 Å². The van der Waals surface area contributed by atoms with E-state index in [4.69, 9.17) is 0 Å². The zero-order valence-electron chi connectivity index (χ0n) is 13.4. The molecule has 24 heavy (non-hydrogen) atoms. The monoisotopic (exact) mass is 339 g/mol. The van der Waals surface area contributed by atoms with Gasteiger partial charge in [0.25, 0.3) is 0 Å². The molecule has 2 rings (SSSR count). The van der Waals surface area contributed by atoms with E-state index >= 15 is 0 Å². The topological polar surface area (TPSA) is 49.2 Å². The summed E-state index contributed by atoms with van der Waals surface area (Å²) in [6.07, 6.45) is 0.942. The first kappa shape index (κ1) is 18.4. The van der Waals surface area contributed by atoms with Crippen LogP contribution in [0.2, 0.25) is 0 Å². The molecule has 0 spiro atoms. The second kappa shape index (κ2) is 8.21. The summed E-state index contributed by atoms with van der Waals surface area (Å²) in [5, 5.41) is 9.58. The molecule has 0 aromatic carbocycles. The third-order valence-corrected chi connectivity index (χ3v) is 3.81. The van der Waals surface area contributed by atoms with Crippen LogP contribution in [0, 0.1) is 0 Å². The Balaban J connectivity index is 2.15. The highest BCUT2D eigenvalue weighted by atomic mass is 19.4. The van der Waals surface area contributed by atoms with Crippen LogP contribution in [0.3, 0.4) is 0 Å². The third-order valence-electron chi connectivity index (χ3n) is 3.81. The lowest BCUT2D eigenvalue weighted by Gasteiger charge is -2.29. The van der Waals surface area contributed by atoms with Crippen molar-refractivity contribution < 1.29 is 18.3 Å². The number of aliphatic hydroxyl groups is 1. The number of nitrogens with zero attached hydrogens (tertiary/aromatic N) is 3. The Labute approximate surface area is 139 Å². The van der Waals surface area contributed by atoms with E-state index in [2.05, 4.69) is 9.97 Å². The molecule has 0 saturated carbocycles. The Kier molecular flexibility index (Phi) is 6.28. The van der Waals surface area contributed by atoms with Gasteiger partial charge < -0.3 is 5.11 Å². The average Bonchev–Trinajstić information content (AvgIpc) is 2.56. The predicted molar refractivity (Wildman–Crippen MR) is 83.9 cm³/mol. The molecule has 4 nitrogen and oxygen atoms in total. The molecule has 1 N–H and O–H groups in total. The fourth-order valence-electron chi connectivity index (χ4n) is 2.46. The normalized spacial score (nSPS) is 13.2. The minimum atomic E-state index is -4.44. The summed E-state index contributed by atoms with van der Waals surface area (Å²) in [4.78, 5) is 9.58. The van der Waals surface area contributed by atoms with E-state index in [1.54, 1.807) is 12.4 Å². The maximum atomic E-state index is 12.6. The summed E-state index contributed by atoms with van der Waals surface area (Å²) in [6, 6.07) is 6.07. The lowest BCUT2D eigenvalue weighted by molar-refractivity contribution is -0.141. The number of alkyl halides is 3. The Morgan fingerprint density at radius 1 is 1.12 bits per heavy atom. The molecule has 1 atom stereocenters. The second-order valence-electron chi connectivity index (χ2n) is 5.56. The maximum Gasteiger partial charge on any atom is 0.433 e. The van der Waals surface area contributed by atoms with Crippen molar-refractivity contribution >= 4 is 0 Å². The molecule has 0 aliphatic heterocycles. The van der Waals surface area contributed by atoms with Crippen molar-refractivity contribution in [1.29, 1.82) is 0 Å². The van der Waals surface area contributed by atoms with Gasteiger partial charge in [-0.05, 0) is 29.7 Å². The molecule has 7 heteroatoms. The smallest absolute Gasteiger partial charge is 0.395 e. The Morgan fingerprint density at radius 3 is 2.29 bits per heavy atom. The maximum absolute atomic E-state index is 12.6. The van der Waals surface area contributed by atoms with Crippen molar-refractivity contribution in [1.82, 2.24) is 14.9 Å². The molecular formula is C17H20F3N3O. The highest BCUT2D eigenvalue weighted by Gasteiger charge is 2.32. The molecule has 0 radical (unpaired) electrons. The van der Waals surface area contributed by atoms with Gasteiger partial charge >= 0.3 is 6.18 Å². The van der Waals surface area contributed by atoms with E-state index < -0.39 is 11.9 Å². The van der Waals surface area contributed by atoms with E-state index in [0.717, 1.165) is 18.1 Å². The van der Waals surface area contributed by atoms with E-state index in [9.17, 15) is 18.3 Å². The fourth-order valence-corrected chi connectivity index (χ4v) is 2.46. The van der Waals surface area contributed by atoms with Gasteiger partial charge in [0.1, 0.15) is 5.69 Å². The van der Waals surface area contributed by atoms with Crippen LogP contribution in [0.5, 0.6) is 0 Å². The number of pyridine rings is 2. The first-order valence-corrected chi connectivity index (χ1v) is 7.70. The van der Waals surface area contributed by atoms with Crippen LogP contribution in [0.15, 0.2) is 42.9 Å². The number of hydrogen-bond acceptors (Lipinski definition) is 4. The third kappa shape index (κ3) is 5.01. The van der Waals surface area contributed by atoms with Gasteiger partial charge in [0.2, 0.25) is 0 Å². The Bertz CT molecular complexity index is 613. The van der Waals surface area contributed by atoms with Crippen molar-refractivity contribution in [2.24, 2.45) is 0 Å². The molecule has 0 fully saturated rings. The molecule has 0 saturated heterocycles. The number of hydrogen-bond donors (Lipinski definition) is 1. The zero-order chi connectivity index (χ0) is 17.6. The molecule has 1 unspecified atom stereocenters. The predicted octanol–water partition coefficient (Wildman–Crippen LogP) is 3.27. The molecule has 0 bridgehead atoms. The molecule has 0 aliphatic carbocycles. The lowest BCUT2D eigenvalue weighted by Crippen LogP contribution is -2.36. The summed E-state index contributed by atoms with van der Waals surface area (Å²) in [5.41, 5.74) is 0.738. The van der Waals surface area contributed by atoms with E-state index in [1.165, 1.54) is 12.3 Å². The van der Waals surface area contributed by atoms with Crippen LogP contribution in [-0.4, -0.2) is 32.6 Å². The lowest BCUT2D eigenvalue weighted by atomic mass is 10.1. The zero-order valence-corrected chi connectivity index (χ0v) is 13.4. The van der Waals surface area contributed by atoms with Gasteiger partial charge in [0, 0.05) is 37.7 Å². The first-order chi connectivity index (χ1) is 11.4. The van der Waals surface area contributed by atoms with Gasteiger partial charge in [-0.1, -0.05) is 19.1 Å². The molecule has 0 amide bonds. The molecule has 130 valence electrons. The number of aliphatic hydroxyl groups excluding tert-OH is 1. The van der Waals surface area contributed by atoms with Gasteiger partial charge in [-0.15, -0.1) is 0 Å². The second-order valence-corrected chi connectivity index (χ2v) is 5.56. The molecule has 2 aromatic heterocycles. The first-order valence-electron chi connectivity index (χ1n) is 7.70. The molecule has 0 aliphatic rings. The molecule has 2 aromatic rings. The van der Waals surface area contributed by atoms with Crippen LogP contribution < -0.4 is 0 Å². The standard InChI is InChI=1S/C17H20F3N3O/c1-2-15(12-24)23(10-13-4-3-7-21-8-13)11-14-5-6-16(22-9-14)17(18,19)20/h3-9,15,24H,2,10-12H2,1H3. The summed E-state index contributed by atoms with van der Waals surface area (Å²) < 4.78 is 37.8. The van der Waals surface area contributed by atoms with Crippen LogP contribution in [-0.2, 0) is 19.3 Å². The fraction of sp³-hybridized carbons (Fsp3) is 0.412. The van der Waals surface area contributed by atoms with E-state index in [1.807, 2.05) is 24.0 Å². The highest BCUT2D eigenvalue weighted by Crippen LogP contribution is 2.27. The van der Waals surface area contributed by atoms with Crippen LogP contribution >= 0.6 is 0 Å². The number of rotatable bonds is 7. The summed E-state index contributed by atoms with van der Waals surface area (Å²) >= 11 is 0. The van der Waals surface area contributed by atoms with Crippen molar-refractivity contribution in [2.75, 3.05) is 6.61 Å². The van der Waals surface area contributed by atoms with Crippen molar-refractivity contribution in [3.63, 3.8) is 0 Å². The van der Waals surface area contributed by atoms with Gasteiger partial charge in [0.05, 0.1) is 6.61 Å². The van der Waals surface area contributed by atoms with E-state index in [-0.39, 0.29) is 12.6 Å². The van der Waals surface area contributed by atoms with Crippen molar-refractivity contribution in [3.8, 4) is 0 Å².